The number of unbranched alkanes of at least 4 members (excludes halogenated alkanes) is 13. The van der Waals surface area contributed by atoms with E-state index in [9.17, 15) is 0 Å². The fraction of sp³-hybridized carbons (Fsp3) is 1.00. The second-order valence-electron chi connectivity index (χ2n) is 7.92. The first kappa shape index (κ1) is 21.9. The van der Waals surface area contributed by atoms with Crippen LogP contribution in [0.15, 0.2) is 0 Å². The Kier molecular flexibility index (Phi) is 15.7. The Morgan fingerprint density at radius 2 is 0.909 bits per heavy atom. The van der Waals surface area contributed by atoms with Gasteiger partial charge in [-0.3, -0.25) is 0 Å². The van der Waals surface area contributed by atoms with Crippen molar-refractivity contribution >= 4 is 0 Å². The summed E-state index contributed by atoms with van der Waals surface area (Å²) in [4.78, 5) is 0. The first-order valence-corrected chi connectivity index (χ1v) is 9.94. The third kappa shape index (κ3) is 19.9. The summed E-state index contributed by atoms with van der Waals surface area (Å²) in [5.74, 6) is 0. The molecule has 0 atom stereocenters. The molecule has 0 amide bonds. The summed E-state index contributed by atoms with van der Waals surface area (Å²) in [5, 5.41) is 0. The Hall–Kier alpha value is -0.0800. The topological polar surface area (TPSA) is 9.23 Å². The molecule has 2 nitrogen and oxygen atoms in total. The monoisotopic (exact) mass is 314 g/mol. The van der Waals surface area contributed by atoms with Crippen molar-refractivity contribution in [1.82, 2.24) is 0 Å². The second kappa shape index (κ2) is 15.8. The van der Waals surface area contributed by atoms with Gasteiger partial charge >= 0.3 is 0 Å². The second-order valence-corrected chi connectivity index (χ2v) is 7.92. The minimum Gasteiger partial charge on any atom is -0.332 e. The van der Waals surface area contributed by atoms with E-state index < -0.39 is 0 Å². The summed E-state index contributed by atoms with van der Waals surface area (Å²) in [6.07, 6.45) is 19.8. The lowest BCUT2D eigenvalue weighted by molar-refractivity contribution is -0.890. The zero-order valence-electron chi connectivity index (χ0n) is 16.2. The Labute approximate surface area is 141 Å². The van der Waals surface area contributed by atoms with E-state index >= 15 is 0 Å². The van der Waals surface area contributed by atoms with Crippen molar-refractivity contribution in [1.29, 1.82) is 0 Å². The summed E-state index contributed by atoms with van der Waals surface area (Å²) in [7, 11) is 6.52. The highest BCUT2D eigenvalue weighted by Crippen LogP contribution is 2.12. The summed E-state index contributed by atoms with van der Waals surface area (Å²) in [5.41, 5.74) is 0. The quantitative estimate of drug-likeness (QED) is 0.178. The molecule has 0 aliphatic rings. The molecule has 2 heteroatoms. The van der Waals surface area contributed by atoms with Crippen LogP contribution in [0.3, 0.4) is 0 Å². The summed E-state index contributed by atoms with van der Waals surface area (Å²) in [6.45, 7) is 4.06. The molecule has 0 aromatic rings. The lowest BCUT2D eigenvalue weighted by Gasteiger charge is -2.23. The van der Waals surface area contributed by atoms with Crippen molar-refractivity contribution in [3.63, 3.8) is 0 Å². The predicted octanol–water partition coefficient (Wildman–Crippen LogP) is 6.15. The van der Waals surface area contributed by atoms with Gasteiger partial charge in [0.25, 0.3) is 0 Å². The van der Waals surface area contributed by atoms with Crippen LogP contribution < -0.4 is 0 Å². The van der Waals surface area contributed by atoms with Crippen molar-refractivity contribution in [3.8, 4) is 0 Å². The summed E-state index contributed by atoms with van der Waals surface area (Å²) in [6, 6.07) is 0. The minimum absolute atomic E-state index is 0.832. The SMILES string of the molecule is CCCCCCCCCCCCCCCCOC[N+](C)(C)C. The third-order valence-electron chi connectivity index (χ3n) is 4.12. The average Bonchev–Trinajstić information content (AvgIpc) is 2.45. The van der Waals surface area contributed by atoms with Crippen molar-refractivity contribution in [2.24, 2.45) is 0 Å². The number of hydrogen-bond donors (Lipinski definition) is 0. The molecule has 0 aliphatic carbocycles. The van der Waals surface area contributed by atoms with E-state index in [1.807, 2.05) is 0 Å². The van der Waals surface area contributed by atoms with Gasteiger partial charge in [0.15, 0.2) is 6.73 Å². The molecule has 0 radical (unpaired) electrons. The number of quaternary nitrogens is 1. The molecule has 0 aliphatic heterocycles. The number of hydrogen-bond acceptors (Lipinski definition) is 1. The van der Waals surface area contributed by atoms with E-state index in [0.717, 1.165) is 17.8 Å². The highest BCUT2D eigenvalue weighted by Gasteiger charge is 2.05. The molecule has 0 spiro atoms. The molecular formula is C20H44NO+. The van der Waals surface area contributed by atoms with Crippen LogP contribution in [0.25, 0.3) is 0 Å². The average molecular weight is 315 g/mol. The molecule has 0 aromatic carbocycles. The number of nitrogens with zero attached hydrogens (tertiary/aromatic N) is 1. The Balaban J connectivity index is 3.00. The minimum atomic E-state index is 0.832. The molecule has 0 saturated carbocycles. The van der Waals surface area contributed by atoms with Crippen LogP contribution in [0.1, 0.15) is 96.8 Å². The molecule has 0 fully saturated rings. The smallest absolute Gasteiger partial charge is 0.182 e. The van der Waals surface area contributed by atoms with Crippen molar-refractivity contribution in [2.45, 2.75) is 96.8 Å². The van der Waals surface area contributed by atoms with Gasteiger partial charge in [0, 0.05) is 0 Å². The maximum atomic E-state index is 5.68. The fourth-order valence-electron chi connectivity index (χ4n) is 2.74. The van der Waals surface area contributed by atoms with Gasteiger partial charge in [0.2, 0.25) is 0 Å². The van der Waals surface area contributed by atoms with Gasteiger partial charge in [0.05, 0.1) is 27.7 Å². The van der Waals surface area contributed by atoms with Crippen molar-refractivity contribution in [2.75, 3.05) is 34.5 Å². The van der Waals surface area contributed by atoms with E-state index in [4.69, 9.17) is 4.74 Å². The van der Waals surface area contributed by atoms with E-state index in [1.54, 1.807) is 0 Å². The lowest BCUT2D eigenvalue weighted by Crippen LogP contribution is -2.36. The van der Waals surface area contributed by atoms with Crippen LogP contribution in [0, 0.1) is 0 Å². The van der Waals surface area contributed by atoms with Gasteiger partial charge in [-0.25, -0.2) is 0 Å². The molecule has 0 unspecified atom stereocenters. The Morgan fingerprint density at radius 3 is 1.27 bits per heavy atom. The standard InChI is InChI=1S/C20H44NO/c1-5-6-7-8-9-10-11-12-13-14-15-16-17-18-19-22-20-21(2,3)4/h5-20H2,1-4H3/q+1. The zero-order chi connectivity index (χ0) is 16.5. The van der Waals surface area contributed by atoms with E-state index in [2.05, 4.69) is 28.1 Å². The normalized spacial score (nSPS) is 12.0. The van der Waals surface area contributed by atoms with Gasteiger partial charge in [-0.2, -0.15) is 0 Å². The molecule has 0 bridgehead atoms. The molecule has 0 aromatic heterocycles. The summed E-state index contributed by atoms with van der Waals surface area (Å²) >= 11 is 0. The molecular weight excluding hydrogens is 270 g/mol. The molecule has 22 heavy (non-hydrogen) atoms. The maximum Gasteiger partial charge on any atom is 0.182 e. The molecule has 0 N–H and O–H groups in total. The van der Waals surface area contributed by atoms with Crippen LogP contribution in [-0.2, 0) is 4.74 Å². The highest BCUT2D eigenvalue weighted by atomic mass is 16.5. The Morgan fingerprint density at radius 1 is 0.545 bits per heavy atom. The van der Waals surface area contributed by atoms with Crippen LogP contribution in [0.5, 0.6) is 0 Å². The number of ether oxygens (including phenoxy) is 1. The third-order valence-corrected chi connectivity index (χ3v) is 4.12. The lowest BCUT2D eigenvalue weighted by atomic mass is 10.0. The van der Waals surface area contributed by atoms with E-state index in [1.165, 1.54) is 89.9 Å². The van der Waals surface area contributed by atoms with Crippen LogP contribution in [0.4, 0.5) is 0 Å². The van der Waals surface area contributed by atoms with Gasteiger partial charge in [0.1, 0.15) is 0 Å². The largest absolute Gasteiger partial charge is 0.332 e. The summed E-state index contributed by atoms with van der Waals surface area (Å²) < 4.78 is 6.58. The van der Waals surface area contributed by atoms with E-state index in [0.29, 0.717) is 0 Å². The highest BCUT2D eigenvalue weighted by molar-refractivity contribution is 4.49. The van der Waals surface area contributed by atoms with E-state index in [-0.39, 0.29) is 0 Å². The van der Waals surface area contributed by atoms with Crippen LogP contribution >= 0.6 is 0 Å². The first-order valence-electron chi connectivity index (χ1n) is 9.94. The Bertz CT molecular complexity index is 210. The van der Waals surface area contributed by atoms with Crippen molar-refractivity contribution < 1.29 is 9.22 Å². The number of rotatable bonds is 17. The van der Waals surface area contributed by atoms with Gasteiger partial charge in [-0.1, -0.05) is 90.4 Å². The van der Waals surface area contributed by atoms with Gasteiger partial charge < -0.3 is 9.22 Å². The first-order chi connectivity index (χ1) is 10.6. The van der Waals surface area contributed by atoms with Crippen LogP contribution in [0.2, 0.25) is 0 Å². The van der Waals surface area contributed by atoms with Gasteiger partial charge in [-0.15, -0.1) is 0 Å². The molecule has 0 saturated heterocycles. The fourth-order valence-corrected chi connectivity index (χ4v) is 2.74. The maximum absolute atomic E-state index is 5.68. The molecule has 0 heterocycles. The molecule has 134 valence electrons. The zero-order valence-corrected chi connectivity index (χ0v) is 16.2. The van der Waals surface area contributed by atoms with Gasteiger partial charge in [-0.05, 0) is 6.42 Å². The molecule has 0 rings (SSSR count). The predicted molar refractivity (Wildman–Crippen MR) is 99.2 cm³/mol. The van der Waals surface area contributed by atoms with Crippen molar-refractivity contribution in [3.05, 3.63) is 0 Å². The van der Waals surface area contributed by atoms with Crippen LogP contribution in [-0.4, -0.2) is 39.0 Å².